The predicted octanol–water partition coefficient (Wildman–Crippen LogP) is 11.1. The third-order valence-electron chi connectivity index (χ3n) is 8.00. The molecule has 1 heterocycles. The van der Waals surface area contributed by atoms with Crippen LogP contribution in [0.25, 0.3) is 16.9 Å². The van der Waals surface area contributed by atoms with E-state index in [9.17, 15) is 5.53 Å². The summed E-state index contributed by atoms with van der Waals surface area (Å²) in [5.41, 5.74) is 23.7. The van der Waals surface area contributed by atoms with Crippen LogP contribution in [0.2, 0.25) is 0 Å². The van der Waals surface area contributed by atoms with Gasteiger partial charge in [-0.3, -0.25) is 0 Å². The SMILES string of the molecule is CCCCC#CC1=C(c2cc(CC)cc(CCCC)c2)[N+](=[N-])C(c2cc(CC)cc(CCCC)c2)=C1CCCC. The number of benzene rings is 2. The van der Waals surface area contributed by atoms with Gasteiger partial charge in [-0.15, -0.1) is 0 Å². The summed E-state index contributed by atoms with van der Waals surface area (Å²) in [5.74, 6) is 7.09. The lowest BCUT2D eigenvalue weighted by molar-refractivity contribution is -0.345. The van der Waals surface area contributed by atoms with Crippen LogP contribution in [-0.2, 0) is 25.7 Å². The zero-order valence-electron chi connectivity index (χ0n) is 26.3. The molecule has 2 heteroatoms. The van der Waals surface area contributed by atoms with Crippen LogP contribution in [0.4, 0.5) is 0 Å². The van der Waals surface area contributed by atoms with Gasteiger partial charge in [0.25, 0.3) is 0 Å². The third kappa shape index (κ3) is 8.06. The minimum Gasteiger partial charge on any atom is -0.493 e. The molecule has 0 unspecified atom stereocenters. The first-order valence-corrected chi connectivity index (χ1v) is 16.2. The van der Waals surface area contributed by atoms with Gasteiger partial charge < -0.3 is 5.53 Å². The average molecular weight is 537 g/mol. The third-order valence-corrected chi connectivity index (χ3v) is 8.00. The van der Waals surface area contributed by atoms with Crippen LogP contribution in [0.1, 0.15) is 139 Å². The second kappa shape index (κ2) is 16.4. The van der Waals surface area contributed by atoms with Crippen molar-refractivity contribution in [2.24, 2.45) is 0 Å². The summed E-state index contributed by atoms with van der Waals surface area (Å²) in [7, 11) is 0. The zero-order chi connectivity index (χ0) is 28.9. The first-order valence-electron chi connectivity index (χ1n) is 16.2. The first kappa shape index (κ1) is 31.6. The van der Waals surface area contributed by atoms with Crippen molar-refractivity contribution < 1.29 is 4.70 Å². The Morgan fingerprint density at radius 2 is 1.05 bits per heavy atom. The molecule has 0 radical (unpaired) electrons. The van der Waals surface area contributed by atoms with Crippen LogP contribution in [0.5, 0.6) is 0 Å². The summed E-state index contributed by atoms with van der Waals surface area (Å²) in [6, 6.07) is 13.9. The molecule has 1 aliphatic heterocycles. The molecule has 0 amide bonds. The monoisotopic (exact) mass is 536 g/mol. The molecule has 3 rings (SSSR count). The smallest absolute Gasteiger partial charge is 0.223 e. The van der Waals surface area contributed by atoms with Crippen molar-refractivity contribution in [1.82, 2.24) is 0 Å². The molecule has 40 heavy (non-hydrogen) atoms. The molecule has 1 aliphatic rings. The highest BCUT2D eigenvalue weighted by molar-refractivity contribution is 5.86. The van der Waals surface area contributed by atoms with Crippen LogP contribution in [0, 0.1) is 11.8 Å². The maximum Gasteiger partial charge on any atom is 0.223 e. The highest BCUT2D eigenvalue weighted by atomic mass is 15.2. The summed E-state index contributed by atoms with van der Waals surface area (Å²) < 4.78 is 1.51. The van der Waals surface area contributed by atoms with Gasteiger partial charge in [0.05, 0.1) is 0 Å². The Bertz CT molecular complexity index is 1280. The number of unbranched alkanes of at least 4 members (excludes halogenated alkanes) is 5. The van der Waals surface area contributed by atoms with E-state index in [1.54, 1.807) is 0 Å². The van der Waals surface area contributed by atoms with E-state index >= 15 is 0 Å². The number of hydrogen-bond donors (Lipinski definition) is 0. The molecular formula is C38H52N2. The minimum atomic E-state index is 0.871. The first-order chi connectivity index (χ1) is 19.5. The van der Waals surface area contributed by atoms with Crippen LogP contribution >= 0.6 is 0 Å². The topological polar surface area (TPSA) is 25.3 Å². The second-order valence-corrected chi connectivity index (χ2v) is 11.4. The van der Waals surface area contributed by atoms with Gasteiger partial charge in [-0.1, -0.05) is 91.2 Å². The highest BCUT2D eigenvalue weighted by Crippen LogP contribution is 2.43. The van der Waals surface area contributed by atoms with Gasteiger partial charge in [-0.05, 0) is 104 Å². The van der Waals surface area contributed by atoms with Crippen molar-refractivity contribution in [2.75, 3.05) is 0 Å². The largest absolute Gasteiger partial charge is 0.493 e. The fourth-order valence-corrected chi connectivity index (χ4v) is 5.58. The van der Waals surface area contributed by atoms with Crippen LogP contribution in [-0.4, -0.2) is 4.70 Å². The molecule has 2 nitrogen and oxygen atoms in total. The molecule has 0 aromatic heterocycles. The Hall–Kier alpha value is -2.92. The van der Waals surface area contributed by atoms with Crippen LogP contribution < -0.4 is 0 Å². The van der Waals surface area contributed by atoms with Crippen molar-refractivity contribution in [3.05, 3.63) is 86.5 Å². The number of hydrogen-bond acceptors (Lipinski definition) is 0. The van der Waals surface area contributed by atoms with Crippen LogP contribution in [0.3, 0.4) is 0 Å². The lowest BCUT2D eigenvalue weighted by Crippen LogP contribution is -2.05. The maximum absolute atomic E-state index is 12.1. The van der Waals surface area contributed by atoms with Gasteiger partial charge in [0.15, 0.2) is 0 Å². The molecule has 0 aliphatic carbocycles. The van der Waals surface area contributed by atoms with E-state index in [0.29, 0.717) is 0 Å². The average Bonchev–Trinajstić information content (AvgIpc) is 3.25. The molecule has 2 aromatic carbocycles. The Kier molecular flexibility index (Phi) is 12.9. The van der Waals surface area contributed by atoms with Crippen molar-refractivity contribution in [3.63, 3.8) is 0 Å². The summed E-state index contributed by atoms with van der Waals surface area (Å²) >= 11 is 0. The van der Waals surface area contributed by atoms with Crippen molar-refractivity contribution in [3.8, 4) is 11.8 Å². The van der Waals surface area contributed by atoms with Gasteiger partial charge >= 0.3 is 0 Å². The summed E-state index contributed by atoms with van der Waals surface area (Å²) in [5, 5.41) is 0. The van der Waals surface area contributed by atoms with Gasteiger partial charge in [0.1, 0.15) is 5.57 Å². The molecule has 214 valence electrons. The standard InChI is InChI=1S/C38H52N2/c1-7-13-17-18-22-36-35(21-16-10-4)37(33-25-29(11-5)23-31(27-33)19-14-8-2)40(39)38(36)34-26-30(12-6)24-32(28-34)20-15-9-3/h23-28H,7-17,19-21H2,1-6H3. The van der Waals surface area contributed by atoms with Gasteiger partial charge in [-0.25, -0.2) is 4.70 Å². The minimum absolute atomic E-state index is 0.871. The number of aryl methyl sites for hydroxylation is 4. The molecule has 0 atom stereocenters. The van der Waals surface area contributed by atoms with Gasteiger partial charge in [-0.2, -0.15) is 0 Å². The van der Waals surface area contributed by atoms with Crippen molar-refractivity contribution in [2.45, 2.75) is 131 Å². The van der Waals surface area contributed by atoms with E-state index in [1.165, 1.54) is 58.2 Å². The van der Waals surface area contributed by atoms with E-state index in [4.69, 9.17) is 0 Å². The normalized spacial score (nSPS) is 13.3. The molecular weight excluding hydrogens is 484 g/mol. The van der Waals surface area contributed by atoms with Crippen molar-refractivity contribution in [1.29, 1.82) is 0 Å². The van der Waals surface area contributed by atoms with E-state index in [2.05, 4.69) is 89.8 Å². The Morgan fingerprint density at radius 3 is 1.55 bits per heavy atom. The zero-order valence-corrected chi connectivity index (χ0v) is 26.3. The molecule has 2 aromatic rings. The molecule has 0 saturated carbocycles. The highest BCUT2D eigenvalue weighted by Gasteiger charge is 2.35. The fourth-order valence-electron chi connectivity index (χ4n) is 5.58. The molecule has 0 N–H and O–H groups in total. The predicted molar refractivity (Wildman–Crippen MR) is 173 cm³/mol. The van der Waals surface area contributed by atoms with Crippen LogP contribution in [0.15, 0.2) is 47.5 Å². The Morgan fingerprint density at radius 1 is 0.575 bits per heavy atom. The maximum atomic E-state index is 12.1. The number of allylic oxidation sites excluding steroid dienone is 2. The summed E-state index contributed by atoms with van der Waals surface area (Å²) in [6.07, 6.45) is 15.0. The van der Waals surface area contributed by atoms with E-state index in [-0.39, 0.29) is 0 Å². The van der Waals surface area contributed by atoms with E-state index in [1.807, 2.05) is 0 Å². The molecule has 0 fully saturated rings. The van der Waals surface area contributed by atoms with Gasteiger partial charge in [0.2, 0.25) is 11.4 Å². The number of nitrogens with zero attached hydrogens (tertiary/aromatic N) is 2. The Labute approximate surface area is 245 Å². The molecule has 0 spiro atoms. The summed E-state index contributed by atoms with van der Waals surface area (Å²) in [4.78, 5) is 0. The molecule has 0 saturated heterocycles. The van der Waals surface area contributed by atoms with Gasteiger partial charge in [0, 0.05) is 23.1 Å². The lowest BCUT2D eigenvalue weighted by atomic mass is 9.92. The fraction of sp³-hybridized carbons (Fsp3) is 0.526. The lowest BCUT2D eigenvalue weighted by Gasteiger charge is -2.14. The number of rotatable bonds is 15. The van der Waals surface area contributed by atoms with E-state index < -0.39 is 0 Å². The second-order valence-electron chi connectivity index (χ2n) is 11.4. The van der Waals surface area contributed by atoms with Crippen molar-refractivity contribution >= 4 is 11.4 Å². The quantitative estimate of drug-likeness (QED) is 0.123. The summed E-state index contributed by atoms with van der Waals surface area (Å²) in [6.45, 7) is 13.4. The van der Waals surface area contributed by atoms with E-state index in [0.717, 1.165) is 92.3 Å². The molecule has 0 bridgehead atoms. The Balaban J connectivity index is 2.26.